The lowest BCUT2D eigenvalue weighted by molar-refractivity contribution is 0.0992. The summed E-state index contributed by atoms with van der Waals surface area (Å²) < 4.78 is 6.13. The molecule has 0 spiro atoms. The van der Waals surface area contributed by atoms with Gasteiger partial charge in [-0.05, 0) is 43.4 Å². The van der Waals surface area contributed by atoms with Crippen molar-refractivity contribution in [3.05, 3.63) is 24.5 Å². The number of aromatic nitrogens is 2. The van der Waals surface area contributed by atoms with Crippen molar-refractivity contribution in [3.63, 3.8) is 0 Å². The minimum Gasteiger partial charge on any atom is -0.474 e. The van der Waals surface area contributed by atoms with Gasteiger partial charge in [-0.3, -0.25) is 0 Å². The van der Waals surface area contributed by atoms with Crippen LogP contribution in [-0.4, -0.2) is 16.1 Å². The number of nitrogen functional groups attached to an aromatic ring is 1. The summed E-state index contributed by atoms with van der Waals surface area (Å²) in [6, 6.07) is 5.64. The lowest BCUT2D eigenvalue weighted by Gasteiger charge is -2.29. The van der Waals surface area contributed by atoms with E-state index in [-0.39, 0.29) is 6.10 Å². The number of nitrogens with zero attached hydrogens (tertiary/aromatic N) is 2. The van der Waals surface area contributed by atoms with Gasteiger partial charge in [-0.25, -0.2) is 9.97 Å². The van der Waals surface area contributed by atoms with Crippen molar-refractivity contribution in [1.82, 2.24) is 9.97 Å². The molecule has 4 heteroatoms. The molecule has 1 heterocycles. The van der Waals surface area contributed by atoms with Gasteiger partial charge in [0.15, 0.2) is 0 Å². The topological polar surface area (TPSA) is 61.0 Å². The molecule has 0 aliphatic heterocycles. The quantitative estimate of drug-likeness (QED) is 0.839. The van der Waals surface area contributed by atoms with E-state index in [2.05, 4.69) is 16.9 Å². The summed E-state index contributed by atoms with van der Waals surface area (Å²) in [5, 5.41) is 0.903. The summed E-state index contributed by atoms with van der Waals surface area (Å²) in [6.45, 7) is 2.25. The van der Waals surface area contributed by atoms with Gasteiger partial charge in [0.1, 0.15) is 12.4 Å². The number of rotatable bonds is 2. The van der Waals surface area contributed by atoms with Crippen LogP contribution in [0.3, 0.4) is 0 Å². The second kappa shape index (κ2) is 5.03. The zero-order valence-corrected chi connectivity index (χ0v) is 11.2. The first-order valence-electron chi connectivity index (χ1n) is 6.91. The monoisotopic (exact) mass is 257 g/mol. The highest BCUT2D eigenvalue weighted by molar-refractivity contribution is 5.86. The van der Waals surface area contributed by atoms with Crippen LogP contribution in [0.15, 0.2) is 24.5 Å². The highest BCUT2D eigenvalue weighted by atomic mass is 16.5. The lowest BCUT2D eigenvalue weighted by atomic mass is 9.88. The Kier molecular flexibility index (Phi) is 3.23. The summed E-state index contributed by atoms with van der Waals surface area (Å²) in [6.07, 6.45) is 6.69. The van der Waals surface area contributed by atoms with Crippen LogP contribution in [0, 0.1) is 5.92 Å². The van der Waals surface area contributed by atoms with Crippen LogP contribution >= 0.6 is 0 Å². The van der Waals surface area contributed by atoms with Gasteiger partial charge in [0.2, 0.25) is 5.88 Å². The zero-order chi connectivity index (χ0) is 13.2. The second-order valence-electron chi connectivity index (χ2n) is 5.37. The lowest BCUT2D eigenvalue weighted by Crippen LogP contribution is -2.28. The summed E-state index contributed by atoms with van der Waals surface area (Å²) in [5.74, 6) is 1.25. The summed E-state index contributed by atoms with van der Waals surface area (Å²) in [4.78, 5) is 8.54. The van der Waals surface area contributed by atoms with E-state index < -0.39 is 0 Å². The molecule has 4 nitrogen and oxygen atoms in total. The number of hydrogen-bond acceptors (Lipinski definition) is 4. The van der Waals surface area contributed by atoms with Crippen molar-refractivity contribution in [2.45, 2.75) is 38.7 Å². The van der Waals surface area contributed by atoms with Crippen molar-refractivity contribution in [2.24, 2.45) is 5.92 Å². The molecule has 0 bridgehead atoms. The van der Waals surface area contributed by atoms with E-state index in [1.807, 2.05) is 18.2 Å². The number of fused-ring (bicyclic) bond motifs is 1. The first-order chi connectivity index (χ1) is 9.24. The SMILES string of the molecule is CC1CCCCC1Oc1ncnc2ccc(N)cc12. The number of nitrogens with two attached hydrogens (primary N) is 1. The highest BCUT2D eigenvalue weighted by Gasteiger charge is 2.24. The van der Waals surface area contributed by atoms with E-state index in [4.69, 9.17) is 10.5 Å². The van der Waals surface area contributed by atoms with Crippen molar-refractivity contribution < 1.29 is 4.74 Å². The fourth-order valence-electron chi connectivity index (χ4n) is 2.75. The van der Waals surface area contributed by atoms with Gasteiger partial charge >= 0.3 is 0 Å². The molecule has 100 valence electrons. The molecule has 1 aliphatic rings. The van der Waals surface area contributed by atoms with Gasteiger partial charge in [-0.2, -0.15) is 0 Å². The van der Waals surface area contributed by atoms with Crippen molar-refractivity contribution in [2.75, 3.05) is 5.73 Å². The van der Waals surface area contributed by atoms with Gasteiger partial charge in [0, 0.05) is 5.69 Å². The molecule has 1 fully saturated rings. The molecule has 3 rings (SSSR count). The molecule has 19 heavy (non-hydrogen) atoms. The van der Waals surface area contributed by atoms with Gasteiger partial charge in [-0.1, -0.05) is 13.3 Å². The second-order valence-corrected chi connectivity index (χ2v) is 5.37. The first kappa shape index (κ1) is 12.2. The standard InChI is InChI=1S/C15H19N3O/c1-10-4-2-3-5-14(10)19-15-12-8-11(16)6-7-13(12)17-9-18-15/h6-10,14H,2-5,16H2,1H3. The van der Waals surface area contributed by atoms with Crippen molar-refractivity contribution >= 4 is 16.6 Å². The van der Waals surface area contributed by atoms with E-state index >= 15 is 0 Å². The molecule has 2 atom stereocenters. The van der Waals surface area contributed by atoms with E-state index in [1.165, 1.54) is 19.3 Å². The molecule has 1 saturated carbocycles. The van der Waals surface area contributed by atoms with Crippen LogP contribution in [0.4, 0.5) is 5.69 Å². The summed E-state index contributed by atoms with van der Waals surface area (Å²) in [7, 11) is 0. The minimum absolute atomic E-state index is 0.258. The van der Waals surface area contributed by atoms with Gasteiger partial charge in [0.05, 0.1) is 10.9 Å². The Bertz CT molecular complexity index is 585. The maximum Gasteiger partial charge on any atom is 0.224 e. The van der Waals surface area contributed by atoms with Crippen molar-refractivity contribution in [1.29, 1.82) is 0 Å². The van der Waals surface area contributed by atoms with E-state index in [9.17, 15) is 0 Å². The first-order valence-corrected chi connectivity index (χ1v) is 6.91. The van der Waals surface area contributed by atoms with E-state index in [0.717, 1.165) is 17.3 Å². The summed E-state index contributed by atoms with van der Waals surface area (Å²) >= 11 is 0. The predicted octanol–water partition coefficient (Wildman–Crippen LogP) is 3.17. The summed E-state index contributed by atoms with van der Waals surface area (Å²) in [5.41, 5.74) is 7.43. The molecule has 0 amide bonds. The Morgan fingerprint density at radius 2 is 2.05 bits per heavy atom. The van der Waals surface area contributed by atoms with E-state index in [0.29, 0.717) is 17.5 Å². The average molecular weight is 257 g/mol. The number of anilines is 1. The van der Waals surface area contributed by atoms with Crippen LogP contribution in [0.1, 0.15) is 32.6 Å². The van der Waals surface area contributed by atoms with Crippen molar-refractivity contribution in [3.8, 4) is 5.88 Å². The molecule has 2 unspecified atom stereocenters. The molecule has 0 saturated heterocycles. The Morgan fingerprint density at radius 1 is 1.21 bits per heavy atom. The molecule has 1 aromatic carbocycles. The van der Waals surface area contributed by atoms with Crippen LogP contribution < -0.4 is 10.5 Å². The molecule has 2 N–H and O–H groups in total. The third-order valence-electron chi connectivity index (χ3n) is 3.92. The normalized spacial score (nSPS) is 23.4. The molecule has 1 aliphatic carbocycles. The van der Waals surface area contributed by atoms with Gasteiger partial charge in [0.25, 0.3) is 0 Å². The van der Waals surface area contributed by atoms with Crippen LogP contribution in [0.5, 0.6) is 5.88 Å². The fourth-order valence-corrected chi connectivity index (χ4v) is 2.75. The molecular weight excluding hydrogens is 238 g/mol. The highest BCUT2D eigenvalue weighted by Crippen LogP contribution is 2.30. The largest absolute Gasteiger partial charge is 0.474 e. The Morgan fingerprint density at radius 3 is 2.89 bits per heavy atom. The average Bonchev–Trinajstić information content (AvgIpc) is 2.42. The van der Waals surface area contributed by atoms with Gasteiger partial charge < -0.3 is 10.5 Å². The zero-order valence-electron chi connectivity index (χ0n) is 11.2. The number of benzene rings is 1. The Hall–Kier alpha value is -1.84. The maximum atomic E-state index is 6.13. The molecule has 2 aromatic rings. The van der Waals surface area contributed by atoms with Crippen LogP contribution in [0.2, 0.25) is 0 Å². The third-order valence-corrected chi connectivity index (χ3v) is 3.92. The van der Waals surface area contributed by atoms with E-state index in [1.54, 1.807) is 6.33 Å². The predicted molar refractivity (Wildman–Crippen MR) is 76.0 cm³/mol. The van der Waals surface area contributed by atoms with Gasteiger partial charge in [-0.15, -0.1) is 0 Å². The Balaban J connectivity index is 1.93. The smallest absolute Gasteiger partial charge is 0.224 e. The Labute approximate surface area is 113 Å². The third kappa shape index (κ3) is 2.48. The number of ether oxygens (including phenoxy) is 1. The van der Waals surface area contributed by atoms with Crippen LogP contribution in [-0.2, 0) is 0 Å². The molecule has 1 aromatic heterocycles. The minimum atomic E-state index is 0.258. The molecular formula is C15H19N3O. The molecule has 0 radical (unpaired) electrons. The number of hydrogen-bond donors (Lipinski definition) is 1. The fraction of sp³-hybridized carbons (Fsp3) is 0.467. The van der Waals surface area contributed by atoms with Crippen LogP contribution in [0.25, 0.3) is 10.9 Å². The maximum absolute atomic E-state index is 6.13.